The smallest absolute Gasteiger partial charge is 0.416 e. The van der Waals surface area contributed by atoms with E-state index < -0.39 is 28.9 Å². The minimum atomic E-state index is -4.53. The quantitative estimate of drug-likeness (QED) is 0.509. The van der Waals surface area contributed by atoms with Crippen molar-refractivity contribution in [3.8, 4) is 11.3 Å². The molecule has 0 spiro atoms. The van der Waals surface area contributed by atoms with Crippen molar-refractivity contribution in [1.29, 1.82) is 0 Å². The second-order valence-corrected chi connectivity index (χ2v) is 9.05. The predicted octanol–water partition coefficient (Wildman–Crippen LogP) is 4.36. The fraction of sp³-hybridized carbons (Fsp3) is 0.375. The van der Waals surface area contributed by atoms with Gasteiger partial charge in [-0.25, -0.2) is 4.79 Å². The average molecular weight is 492 g/mol. The number of halogens is 3. The molecule has 11 heteroatoms. The summed E-state index contributed by atoms with van der Waals surface area (Å²) in [6, 6.07) is 7.22. The molecular formula is C24H27F3N4O4. The lowest BCUT2D eigenvalue weighted by Crippen LogP contribution is -2.43. The number of nitrogens with one attached hydrogen (secondary N) is 1. The molecule has 35 heavy (non-hydrogen) atoms. The number of H-pyrrole nitrogens is 1. The molecule has 0 fully saturated rings. The molecule has 3 N–H and O–H groups in total. The number of aromatic amines is 1. The van der Waals surface area contributed by atoms with Crippen molar-refractivity contribution in [2.24, 2.45) is 11.8 Å². The number of alkyl halides is 3. The maximum absolute atomic E-state index is 13.4. The van der Waals surface area contributed by atoms with Crippen LogP contribution in [0, 0.1) is 11.8 Å². The number of anilines is 2. The summed E-state index contributed by atoms with van der Waals surface area (Å²) in [5.74, 6) is -1.09. The van der Waals surface area contributed by atoms with Gasteiger partial charge in [0.25, 0.3) is 11.5 Å². The number of nitrogens with two attached hydrogens (primary N) is 1. The molecule has 3 rings (SSSR count). The number of rotatable bonds is 7. The largest absolute Gasteiger partial charge is 0.451 e. The summed E-state index contributed by atoms with van der Waals surface area (Å²) in [6.07, 6.45) is -4.53. The van der Waals surface area contributed by atoms with Crippen molar-refractivity contribution >= 4 is 17.4 Å². The van der Waals surface area contributed by atoms with E-state index >= 15 is 0 Å². The molecule has 1 aromatic carbocycles. The Labute approximate surface area is 199 Å². The molecule has 1 amide bonds. The van der Waals surface area contributed by atoms with Crippen LogP contribution in [0.3, 0.4) is 0 Å². The lowest BCUT2D eigenvalue weighted by Gasteiger charge is -2.25. The first-order valence-corrected chi connectivity index (χ1v) is 11.0. The van der Waals surface area contributed by atoms with E-state index in [-0.39, 0.29) is 53.5 Å². The molecule has 2 aromatic heterocycles. The molecule has 0 aliphatic carbocycles. The van der Waals surface area contributed by atoms with Crippen LogP contribution in [0.1, 0.15) is 43.8 Å². The molecule has 0 unspecified atom stereocenters. The zero-order valence-electron chi connectivity index (χ0n) is 19.8. The first kappa shape index (κ1) is 25.9. The summed E-state index contributed by atoms with van der Waals surface area (Å²) >= 11 is 0. The molecule has 0 saturated heterocycles. The van der Waals surface area contributed by atoms with Gasteiger partial charge >= 0.3 is 11.9 Å². The van der Waals surface area contributed by atoms with Gasteiger partial charge < -0.3 is 10.2 Å². The highest BCUT2D eigenvalue weighted by Crippen LogP contribution is 2.33. The third-order valence-electron chi connectivity index (χ3n) is 5.12. The Bertz CT molecular complexity index is 1340. The normalized spacial score (nSPS) is 11.9. The SMILES string of the molecule is CC(C)CN(C(=O)c1ccc(-c2cccc(C(F)(F)F)c2)o1)c1c(N)n(CC(C)C)c(=O)[nH]c1=O. The molecule has 8 nitrogen and oxygen atoms in total. The van der Waals surface area contributed by atoms with Crippen molar-refractivity contribution in [2.45, 2.75) is 40.4 Å². The molecule has 3 aromatic rings. The lowest BCUT2D eigenvalue weighted by atomic mass is 10.1. The van der Waals surface area contributed by atoms with E-state index in [0.717, 1.165) is 17.0 Å². The maximum atomic E-state index is 13.4. The van der Waals surface area contributed by atoms with Crippen molar-refractivity contribution < 1.29 is 22.4 Å². The van der Waals surface area contributed by atoms with Gasteiger partial charge in [-0.05, 0) is 36.1 Å². The first-order valence-electron chi connectivity index (χ1n) is 11.0. The third kappa shape index (κ3) is 5.67. The Morgan fingerprint density at radius 2 is 1.80 bits per heavy atom. The lowest BCUT2D eigenvalue weighted by molar-refractivity contribution is -0.137. The van der Waals surface area contributed by atoms with E-state index in [1.54, 1.807) is 0 Å². The number of hydrogen-bond acceptors (Lipinski definition) is 5. The maximum Gasteiger partial charge on any atom is 0.416 e. The summed E-state index contributed by atoms with van der Waals surface area (Å²) < 4.78 is 46.1. The average Bonchev–Trinajstić information content (AvgIpc) is 3.25. The molecule has 0 aliphatic rings. The van der Waals surface area contributed by atoms with Gasteiger partial charge in [0.15, 0.2) is 11.4 Å². The Morgan fingerprint density at radius 1 is 1.11 bits per heavy atom. The van der Waals surface area contributed by atoms with Gasteiger partial charge in [-0.3, -0.25) is 24.0 Å². The van der Waals surface area contributed by atoms with Crippen LogP contribution in [0.5, 0.6) is 0 Å². The molecule has 2 heterocycles. The van der Waals surface area contributed by atoms with Crippen LogP contribution in [0.25, 0.3) is 11.3 Å². The van der Waals surface area contributed by atoms with Crippen molar-refractivity contribution in [2.75, 3.05) is 17.2 Å². The van der Waals surface area contributed by atoms with E-state index in [9.17, 15) is 27.6 Å². The number of hydrogen-bond donors (Lipinski definition) is 2. The zero-order chi connectivity index (χ0) is 26.1. The highest BCUT2D eigenvalue weighted by Gasteiger charge is 2.31. The van der Waals surface area contributed by atoms with E-state index in [2.05, 4.69) is 4.98 Å². The van der Waals surface area contributed by atoms with Crippen molar-refractivity contribution in [1.82, 2.24) is 9.55 Å². The number of furan rings is 1. The van der Waals surface area contributed by atoms with E-state index in [4.69, 9.17) is 10.2 Å². The molecule has 0 atom stereocenters. The van der Waals surface area contributed by atoms with E-state index in [0.29, 0.717) is 0 Å². The standard InChI is InChI=1S/C24H27F3N4O4/c1-13(2)11-30(19-20(28)31(12-14(3)4)23(34)29-21(19)32)22(33)18-9-8-17(35-18)15-6-5-7-16(10-15)24(25,26)27/h5-10,13-14H,11-12,28H2,1-4H3,(H,29,32,34). The predicted molar refractivity (Wildman–Crippen MR) is 126 cm³/mol. The number of nitrogen functional groups attached to an aromatic ring is 1. The summed E-state index contributed by atoms with van der Waals surface area (Å²) in [7, 11) is 0. The molecular weight excluding hydrogens is 465 g/mol. The highest BCUT2D eigenvalue weighted by atomic mass is 19.4. The van der Waals surface area contributed by atoms with Gasteiger partial charge in [-0.2, -0.15) is 13.2 Å². The minimum Gasteiger partial charge on any atom is -0.451 e. The van der Waals surface area contributed by atoms with Crippen LogP contribution >= 0.6 is 0 Å². The van der Waals surface area contributed by atoms with Gasteiger partial charge in [-0.15, -0.1) is 0 Å². The van der Waals surface area contributed by atoms with Crippen LogP contribution in [0.2, 0.25) is 0 Å². The number of benzene rings is 1. The van der Waals surface area contributed by atoms with Crippen LogP contribution in [0.15, 0.2) is 50.4 Å². The molecule has 0 aliphatic heterocycles. The number of amides is 1. The van der Waals surface area contributed by atoms with Crippen LogP contribution in [0.4, 0.5) is 24.7 Å². The van der Waals surface area contributed by atoms with Gasteiger partial charge in [0, 0.05) is 18.7 Å². The van der Waals surface area contributed by atoms with Crippen molar-refractivity contribution in [3.63, 3.8) is 0 Å². The first-order chi connectivity index (χ1) is 16.3. The number of nitrogens with zero attached hydrogens (tertiary/aromatic N) is 2. The van der Waals surface area contributed by atoms with Crippen LogP contribution in [-0.4, -0.2) is 22.0 Å². The van der Waals surface area contributed by atoms with E-state index in [1.165, 1.54) is 28.8 Å². The monoisotopic (exact) mass is 492 g/mol. The summed E-state index contributed by atoms with van der Waals surface area (Å²) in [5, 5.41) is 0. The Balaban J connectivity index is 2.06. The van der Waals surface area contributed by atoms with Crippen LogP contribution in [-0.2, 0) is 12.7 Å². The van der Waals surface area contributed by atoms with Gasteiger partial charge in [-0.1, -0.05) is 39.8 Å². The highest BCUT2D eigenvalue weighted by molar-refractivity contribution is 6.05. The summed E-state index contributed by atoms with van der Waals surface area (Å²) in [6.45, 7) is 7.68. The fourth-order valence-electron chi connectivity index (χ4n) is 3.62. The number of aromatic nitrogens is 2. The second-order valence-electron chi connectivity index (χ2n) is 9.05. The Kier molecular flexibility index (Phi) is 7.27. The fourth-order valence-corrected chi connectivity index (χ4v) is 3.62. The summed E-state index contributed by atoms with van der Waals surface area (Å²) in [4.78, 5) is 41.8. The summed E-state index contributed by atoms with van der Waals surface area (Å²) in [5.41, 5.74) is 3.76. The Hall–Kier alpha value is -3.76. The number of carbonyl (C=O) groups is 1. The molecule has 0 bridgehead atoms. The zero-order valence-corrected chi connectivity index (χ0v) is 19.8. The number of carbonyl (C=O) groups excluding carboxylic acids is 1. The molecule has 0 saturated carbocycles. The molecule has 0 radical (unpaired) electrons. The topological polar surface area (TPSA) is 114 Å². The van der Waals surface area contributed by atoms with Gasteiger partial charge in [0.2, 0.25) is 0 Å². The van der Waals surface area contributed by atoms with Crippen LogP contribution < -0.4 is 21.9 Å². The minimum absolute atomic E-state index is 0.0306. The van der Waals surface area contributed by atoms with Crippen molar-refractivity contribution in [3.05, 3.63) is 68.6 Å². The Morgan fingerprint density at radius 3 is 2.40 bits per heavy atom. The van der Waals surface area contributed by atoms with Gasteiger partial charge in [0.05, 0.1) is 5.56 Å². The molecule has 188 valence electrons. The third-order valence-corrected chi connectivity index (χ3v) is 5.12. The van der Waals surface area contributed by atoms with Gasteiger partial charge in [0.1, 0.15) is 11.6 Å². The van der Waals surface area contributed by atoms with E-state index in [1.807, 2.05) is 27.7 Å². The second kappa shape index (κ2) is 9.85.